The molecule has 0 spiro atoms. The molecule has 1 saturated heterocycles. The minimum Gasteiger partial charge on any atom is -0.492 e. The maximum Gasteiger partial charge on any atom is 0.231 e. The quantitative estimate of drug-likeness (QED) is 0.828. The molecule has 4 rings (SSSR count). The second kappa shape index (κ2) is 7.62. The molecule has 2 fully saturated rings. The van der Waals surface area contributed by atoms with Crippen molar-refractivity contribution < 1.29 is 14.2 Å². The van der Waals surface area contributed by atoms with Crippen LogP contribution >= 0.6 is 0 Å². The molecule has 1 saturated carbocycles. The first-order valence-corrected chi connectivity index (χ1v) is 9.37. The van der Waals surface area contributed by atoms with Crippen LogP contribution in [-0.4, -0.2) is 62.0 Å². The van der Waals surface area contributed by atoms with Gasteiger partial charge in [0.05, 0.1) is 0 Å². The average molecular weight is 332 g/mol. The average Bonchev–Trinajstić information content (AvgIpc) is 3.11. The van der Waals surface area contributed by atoms with E-state index in [-0.39, 0.29) is 0 Å². The van der Waals surface area contributed by atoms with Gasteiger partial charge in [0.25, 0.3) is 0 Å². The van der Waals surface area contributed by atoms with E-state index in [2.05, 4.69) is 9.80 Å². The standard InChI is InChI=1S/C19H28N2O3/c1-2-4-16(5-3-1)21-10-8-20(9-11-21)12-13-22-17-6-7-18-19(14-17)24-15-23-18/h6-7,14,16H,1-5,8-13,15H2. The number of benzene rings is 1. The number of hydrogen-bond acceptors (Lipinski definition) is 5. The molecule has 2 aliphatic heterocycles. The fraction of sp³-hybridized carbons (Fsp3) is 0.684. The van der Waals surface area contributed by atoms with E-state index in [1.807, 2.05) is 18.2 Å². The van der Waals surface area contributed by atoms with E-state index in [4.69, 9.17) is 14.2 Å². The summed E-state index contributed by atoms with van der Waals surface area (Å²) in [5.41, 5.74) is 0. The molecule has 0 aromatic heterocycles. The van der Waals surface area contributed by atoms with Crippen molar-refractivity contribution >= 4 is 0 Å². The number of ether oxygens (including phenoxy) is 3. The lowest BCUT2D eigenvalue weighted by Crippen LogP contribution is -2.51. The Hall–Kier alpha value is -1.46. The molecule has 3 aliphatic rings. The summed E-state index contributed by atoms with van der Waals surface area (Å²) >= 11 is 0. The van der Waals surface area contributed by atoms with Gasteiger partial charge in [0, 0.05) is 44.8 Å². The Morgan fingerprint density at radius 2 is 1.75 bits per heavy atom. The second-order valence-corrected chi connectivity index (χ2v) is 7.03. The number of piperazine rings is 1. The molecule has 1 aliphatic carbocycles. The predicted molar refractivity (Wildman–Crippen MR) is 92.9 cm³/mol. The largest absolute Gasteiger partial charge is 0.492 e. The van der Waals surface area contributed by atoms with Crippen LogP contribution in [0.25, 0.3) is 0 Å². The third-order valence-electron chi connectivity index (χ3n) is 5.52. The van der Waals surface area contributed by atoms with Crippen molar-refractivity contribution in [2.24, 2.45) is 0 Å². The summed E-state index contributed by atoms with van der Waals surface area (Å²) in [7, 11) is 0. The van der Waals surface area contributed by atoms with Gasteiger partial charge in [-0.15, -0.1) is 0 Å². The number of hydrogen-bond donors (Lipinski definition) is 0. The molecule has 1 aromatic carbocycles. The van der Waals surface area contributed by atoms with Gasteiger partial charge in [0.1, 0.15) is 12.4 Å². The van der Waals surface area contributed by atoms with Crippen LogP contribution in [0.5, 0.6) is 17.2 Å². The molecule has 0 amide bonds. The zero-order valence-corrected chi connectivity index (χ0v) is 14.4. The molecule has 5 nitrogen and oxygen atoms in total. The lowest BCUT2D eigenvalue weighted by Gasteiger charge is -2.40. The maximum atomic E-state index is 5.89. The smallest absolute Gasteiger partial charge is 0.231 e. The summed E-state index contributed by atoms with van der Waals surface area (Å²) in [6.45, 7) is 6.80. The van der Waals surface area contributed by atoms with E-state index in [0.717, 1.165) is 36.4 Å². The molecule has 0 atom stereocenters. The molecule has 1 aromatic rings. The molecular formula is C19H28N2O3. The van der Waals surface area contributed by atoms with E-state index < -0.39 is 0 Å². The zero-order valence-electron chi connectivity index (χ0n) is 14.4. The maximum absolute atomic E-state index is 5.89. The highest BCUT2D eigenvalue weighted by Gasteiger charge is 2.24. The molecule has 24 heavy (non-hydrogen) atoms. The highest BCUT2D eigenvalue weighted by molar-refractivity contribution is 5.46. The van der Waals surface area contributed by atoms with Gasteiger partial charge in [-0.2, -0.15) is 0 Å². The normalized spacial score (nSPS) is 22.7. The lowest BCUT2D eigenvalue weighted by atomic mass is 9.94. The first kappa shape index (κ1) is 16.0. The minimum absolute atomic E-state index is 0.310. The van der Waals surface area contributed by atoms with E-state index >= 15 is 0 Å². The van der Waals surface area contributed by atoms with E-state index in [9.17, 15) is 0 Å². The van der Waals surface area contributed by atoms with Gasteiger partial charge in [-0.05, 0) is 25.0 Å². The first-order chi connectivity index (χ1) is 11.9. The Balaban J connectivity index is 1.18. The van der Waals surface area contributed by atoms with Gasteiger partial charge in [0.2, 0.25) is 6.79 Å². The van der Waals surface area contributed by atoms with Crippen LogP contribution in [-0.2, 0) is 0 Å². The Morgan fingerprint density at radius 1 is 0.958 bits per heavy atom. The van der Waals surface area contributed by atoms with E-state index in [1.165, 1.54) is 58.3 Å². The summed E-state index contributed by atoms with van der Waals surface area (Å²) in [5, 5.41) is 0. The Morgan fingerprint density at radius 3 is 2.58 bits per heavy atom. The molecule has 0 bridgehead atoms. The molecule has 5 heteroatoms. The van der Waals surface area contributed by atoms with Gasteiger partial charge in [-0.3, -0.25) is 9.80 Å². The topological polar surface area (TPSA) is 34.2 Å². The van der Waals surface area contributed by atoms with Gasteiger partial charge in [0.15, 0.2) is 11.5 Å². The van der Waals surface area contributed by atoms with Crippen LogP contribution < -0.4 is 14.2 Å². The zero-order chi connectivity index (χ0) is 16.2. The minimum atomic E-state index is 0.310. The molecule has 0 unspecified atom stereocenters. The van der Waals surface area contributed by atoms with Crippen molar-refractivity contribution in [1.82, 2.24) is 9.80 Å². The summed E-state index contributed by atoms with van der Waals surface area (Å²) in [6.07, 6.45) is 7.11. The third kappa shape index (κ3) is 3.78. The third-order valence-corrected chi connectivity index (χ3v) is 5.52. The van der Waals surface area contributed by atoms with Gasteiger partial charge >= 0.3 is 0 Å². The molecular weight excluding hydrogens is 304 g/mol. The SMILES string of the molecule is c1cc2c(cc1OCCN1CCN(C3CCCCC3)CC1)OCO2. The summed E-state index contributed by atoms with van der Waals surface area (Å²) < 4.78 is 16.6. The van der Waals surface area contributed by atoms with E-state index in [1.54, 1.807) is 0 Å². The monoisotopic (exact) mass is 332 g/mol. The van der Waals surface area contributed by atoms with Gasteiger partial charge in [-0.25, -0.2) is 0 Å². The predicted octanol–water partition coefficient (Wildman–Crippen LogP) is 2.74. The summed E-state index contributed by atoms with van der Waals surface area (Å²) in [5.74, 6) is 2.45. The van der Waals surface area contributed by atoms with Crippen LogP contribution in [0, 0.1) is 0 Å². The van der Waals surface area contributed by atoms with Crippen molar-refractivity contribution in [2.75, 3.05) is 46.1 Å². The van der Waals surface area contributed by atoms with Crippen LogP contribution in [0.1, 0.15) is 32.1 Å². The van der Waals surface area contributed by atoms with Crippen LogP contribution in [0.2, 0.25) is 0 Å². The van der Waals surface area contributed by atoms with Gasteiger partial charge < -0.3 is 14.2 Å². The van der Waals surface area contributed by atoms with Crippen molar-refractivity contribution in [3.63, 3.8) is 0 Å². The highest BCUT2D eigenvalue weighted by Crippen LogP contribution is 2.35. The van der Waals surface area contributed by atoms with Crippen molar-refractivity contribution in [1.29, 1.82) is 0 Å². The number of rotatable bonds is 5. The van der Waals surface area contributed by atoms with Crippen molar-refractivity contribution in [2.45, 2.75) is 38.1 Å². The molecule has 132 valence electrons. The fourth-order valence-electron chi connectivity index (χ4n) is 4.06. The molecule has 2 heterocycles. The highest BCUT2D eigenvalue weighted by atomic mass is 16.7. The van der Waals surface area contributed by atoms with Crippen molar-refractivity contribution in [3.8, 4) is 17.2 Å². The van der Waals surface area contributed by atoms with Crippen LogP contribution in [0.15, 0.2) is 18.2 Å². The van der Waals surface area contributed by atoms with Gasteiger partial charge in [-0.1, -0.05) is 19.3 Å². The Bertz CT molecular complexity index is 537. The fourth-order valence-corrected chi connectivity index (χ4v) is 4.06. The number of fused-ring (bicyclic) bond motifs is 1. The van der Waals surface area contributed by atoms with Crippen molar-refractivity contribution in [3.05, 3.63) is 18.2 Å². The lowest BCUT2D eigenvalue weighted by molar-refractivity contribution is 0.0718. The summed E-state index contributed by atoms with van der Waals surface area (Å²) in [4.78, 5) is 5.24. The summed E-state index contributed by atoms with van der Waals surface area (Å²) in [6, 6.07) is 6.64. The molecule has 0 radical (unpaired) electrons. The van der Waals surface area contributed by atoms with E-state index in [0.29, 0.717) is 6.79 Å². The number of nitrogens with zero attached hydrogens (tertiary/aromatic N) is 2. The second-order valence-electron chi connectivity index (χ2n) is 7.03. The van der Waals surface area contributed by atoms with Crippen LogP contribution in [0.3, 0.4) is 0 Å². The molecule has 0 N–H and O–H groups in total. The Labute approximate surface area is 144 Å². The van der Waals surface area contributed by atoms with Crippen LogP contribution in [0.4, 0.5) is 0 Å². The first-order valence-electron chi connectivity index (χ1n) is 9.37. The Kier molecular flexibility index (Phi) is 5.09.